The highest BCUT2D eigenvalue weighted by Gasteiger charge is 2.25. The van der Waals surface area contributed by atoms with Crippen molar-refractivity contribution in [2.45, 2.75) is 12.3 Å². The Morgan fingerprint density at radius 1 is 1.67 bits per heavy atom. The molecule has 70 valence electrons. The maximum absolute atomic E-state index is 12.3. The number of rotatable bonds is 3. The Morgan fingerprint density at radius 2 is 2.17 bits per heavy atom. The second-order valence-electron chi connectivity index (χ2n) is 1.75. The SMILES string of the molecule is CCOC(=O)/C(F)=C\C(F)(F)Cl. The third-order valence-corrected chi connectivity index (χ3v) is 0.870. The molecule has 0 aliphatic rings. The summed E-state index contributed by atoms with van der Waals surface area (Å²) >= 11 is 4.31. The lowest BCUT2D eigenvalue weighted by atomic mass is 10.5. The predicted octanol–water partition coefficient (Wildman–Crippen LogP) is 2.23. The molecule has 0 saturated carbocycles. The molecule has 0 aliphatic heterocycles. The fraction of sp³-hybridized carbons (Fsp3) is 0.500. The van der Waals surface area contributed by atoms with Crippen molar-refractivity contribution in [3.8, 4) is 0 Å². The van der Waals surface area contributed by atoms with E-state index in [1.807, 2.05) is 0 Å². The molecule has 0 aromatic rings. The fourth-order valence-corrected chi connectivity index (χ4v) is 0.498. The van der Waals surface area contributed by atoms with E-state index in [4.69, 9.17) is 0 Å². The average molecular weight is 203 g/mol. The first-order valence-electron chi connectivity index (χ1n) is 2.99. The summed E-state index contributed by atoms with van der Waals surface area (Å²) in [5, 5.41) is -3.86. The number of ether oxygens (including phenoxy) is 1. The zero-order valence-electron chi connectivity index (χ0n) is 6.11. The van der Waals surface area contributed by atoms with Gasteiger partial charge >= 0.3 is 11.4 Å². The molecule has 0 amide bonds. The van der Waals surface area contributed by atoms with Gasteiger partial charge in [-0.25, -0.2) is 4.79 Å². The number of esters is 1. The summed E-state index contributed by atoms with van der Waals surface area (Å²) in [6.07, 6.45) is -0.313. The second kappa shape index (κ2) is 4.35. The van der Waals surface area contributed by atoms with Crippen LogP contribution in [-0.4, -0.2) is 18.0 Å². The zero-order valence-corrected chi connectivity index (χ0v) is 6.87. The number of halogens is 4. The molecule has 0 aromatic carbocycles. The third kappa shape index (κ3) is 5.01. The van der Waals surface area contributed by atoms with Gasteiger partial charge in [0.2, 0.25) is 5.83 Å². The molecule has 0 radical (unpaired) electrons. The van der Waals surface area contributed by atoms with Crippen LogP contribution in [-0.2, 0) is 9.53 Å². The molecule has 0 bridgehead atoms. The summed E-state index contributed by atoms with van der Waals surface area (Å²) in [6, 6.07) is 0. The van der Waals surface area contributed by atoms with Crippen LogP contribution in [0.15, 0.2) is 11.9 Å². The summed E-state index contributed by atoms with van der Waals surface area (Å²) in [5.41, 5.74) is 0. The molecule has 0 N–H and O–H groups in total. The summed E-state index contributed by atoms with van der Waals surface area (Å²) in [4.78, 5) is 10.4. The molecule has 0 atom stereocenters. The van der Waals surface area contributed by atoms with Gasteiger partial charge in [-0.3, -0.25) is 0 Å². The molecule has 6 heteroatoms. The summed E-state index contributed by atoms with van der Waals surface area (Å²) in [6.45, 7) is 1.33. The lowest BCUT2D eigenvalue weighted by Crippen LogP contribution is -2.09. The molecule has 0 aromatic heterocycles. The van der Waals surface area contributed by atoms with Crippen molar-refractivity contribution in [1.29, 1.82) is 0 Å². The number of hydrogen-bond acceptors (Lipinski definition) is 2. The molecule has 0 aliphatic carbocycles. The van der Waals surface area contributed by atoms with Crippen molar-refractivity contribution < 1.29 is 22.7 Å². The fourth-order valence-electron chi connectivity index (χ4n) is 0.403. The van der Waals surface area contributed by atoms with Crippen molar-refractivity contribution in [2.75, 3.05) is 6.61 Å². The van der Waals surface area contributed by atoms with Crippen LogP contribution in [0.1, 0.15) is 6.92 Å². The molecule has 0 unspecified atom stereocenters. The van der Waals surface area contributed by atoms with Gasteiger partial charge < -0.3 is 4.74 Å². The standard InChI is InChI=1S/C6H6ClF3O2/c1-2-12-5(11)4(8)3-6(7,9)10/h3H,2H2,1H3/b4-3+. The largest absolute Gasteiger partial charge is 0.461 e. The van der Waals surface area contributed by atoms with Crippen LogP contribution in [0.25, 0.3) is 0 Å². The smallest absolute Gasteiger partial charge is 0.367 e. The van der Waals surface area contributed by atoms with E-state index in [0.29, 0.717) is 0 Å². The van der Waals surface area contributed by atoms with Gasteiger partial charge in [0.25, 0.3) is 0 Å². The van der Waals surface area contributed by atoms with Crippen LogP contribution < -0.4 is 0 Å². The third-order valence-electron chi connectivity index (χ3n) is 0.761. The van der Waals surface area contributed by atoms with Gasteiger partial charge in [-0.05, 0) is 18.5 Å². The normalized spacial score (nSPS) is 12.9. The van der Waals surface area contributed by atoms with Crippen molar-refractivity contribution in [3.05, 3.63) is 11.9 Å². The van der Waals surface area contributed by atoms with Gasteiger partial charge in [-0.1, -0.05) is 0 Å². The van der Waals surface area contributed by atoms with Gasteiger partial charge in [-0.15, -0.1) is 0 Å². The van der Waals surface area contributed by atoms with Gasteiger partial charge in [0.15, 0.2) is 0 Å². The van der Waals surface area contributed by atoms with Crippen molar-refractivity contribution in [2.24, 2.45) is 0 Å². The van der Waals surface area contributed by atoms with Gasteiger partial charge in [-0.2, -0.15) is 13.2 Å². The lowest BCUT2D eigenvalue weighted by molar-refractivity contribution is -0.140. The molecule has 0 fully saturated rings. The number of carbonyl (C=O) groups excluding carboxylic acids is 1. The van der Waals surface area contributed by atoms with E-state index >= 15 is 0 Å². The van der Waals surface area contributed by atoms with Crippen LogP contribution in [0.5, 0.6) is 0 Å². The quantitative estimate of drug-likeness (QED) is 0.399. The number of allylic oxidation sites excluding steroid dienone is 1. The summed E-state index contributed by atoms with van der Waals surface area (Å²) in [7, 11) is 0. The topological polar surface area (TPSA) is 26.3 Å². The van der Waals surface area contributed by atoms with Crippen molar-refractivity contribution >= 4 is 17.6 Å². The number of carbonyl (C=O) groups is 1. The van der Waals surface area contributed by atoms with Gasteiger partial charge in [0.05, 0.1) is 6.61 Å². The van der Waals surface area contributed by atoms with Crippen LogP contribution in [0, 0.1) is 0 Å². The Kier molecular flexibility index (Phi) is 4.09. The highest BCUT2D eigenvalue weighted by atomic mass is 35.5. The number of alkyl halides is 3. The highest BCUT2D eigenvalue weighted by molar-refractivity contribution is 6.23. The Morgan fingerprint density at radius 3 is 2.50 bits per heavy atom. The van der Waals surface area contributed by atoms with E-state index in [1.54, 1.807) is 0 Å². The Balaban J connectivity index is 4.28. The second-order valence-corrected chi connectivity index (χ2v) is 2.26. The first kappa shape index (κ1) is 11.3. The van der Waals surface area contributed by atoms with Crippen LogP contribution in [0.4, 0.5) is 13.2 Å². The van der Waals surface area contributed by atoms with Crippen LogP contribution >= 0.6 is 11.6 Å². The molecule has 0 heterocycles. The van der Waals surface area contributed by atoms with Gasteiger partial charge in [0.1, 0.15) is 0 Å². The molecular formula is C6H6ClF3O2. The van der Waals surface area contributed by atoms with Crippen molar-refractivity contribution in [3.63, 3.8) is 0 Å². The molecule has 2 nitrogen and oxygen atoms in total. The van der Waals surface area contributed by atoms with Crippen LogP contribution in [0.3, 0.4) is 0 Å². The number of hydrogen-bond donors (Lipinski definition) is 0. The highest BCUT2D eigenvalue weighted by Crippen LogP contribution is 2.22. The minimum Gasteiger partial charge on any atom is -0.461 e. The Bertz CT molecular complexity index is 197. The Labute approximate surface area is 71.9 Å². The molecular weight excluding hydrogens is 197 g/mol. The predicted molar refractivity (Wildman–Crippen MR) is 36.6 cm³/mol. The summed E-state index contributed by atoms with van der Waals surface area (Å²) in [5.74, 6) is -3.14. The lowest BCUT2D eigenvalue weighted by Gasteiger charge is -2.01. The van der Waals surface area contributed by atoms with E-state index in [9.17, 15) is 18.0 Å². The molecule has 0 rings (SSSR count). The first-order chi connectivity index (χ1) is 5.37. The Hall–Kier alpha value is -0.710. The molecule has 0 saturated heterocycles. The van der Waals surface area contributed by atoms with E-state index in [-0.39, 0.29) is 12.7 Å². The van der Waals surface area contributed by atoms with E-state index in [1.165, 1.54) is 6.92 Å². The maximum atomic E-state index is 12.3. The van der Waals surface area contributed by atoms with Crippen LogP contribution in [0.2, 0.25) is 0 Å². The monoisotopic (exact) mass is 202 g/mol. The summed E-state index contributed by atoms with van der Waals surface area (Å²) < 4.78 is 40.0. The minimum atomic E-state index is -3.86. The van der Waals surface area contributed by atoms with Gasteiger partial charge in [0, 0.05) is 6.08 Å². The zero-order chi connectivity index (χ0) is 9.78. The van der Waals surface area contributed by atoms with E-state index < -0.39 is 17.2 Å². The minimum absolute atomic E-state index is 0.0893. The van der Waals surface area contributed by atoms with E-state index in [2.05, 4.69) is 16.3 Å². The van der Waals surface area contributed by atoms with E-state index in [0.717, 1.165) is 0 Å². The molecule has 0 spiro atoms. The molecule has 12 heavy (non-hydrogen) atoms. The maximum Gasteiger partial charge on any atom is 0.367 e. The van der Waals surface area contributed by atoms with Crippen molar-refractivity contribution in [1.82, 2.24) is 0 Å². The first-order valence-corrected chi connectivity index (χ1v) is 3.37. The average Bonchev–Trinajstić information content (AvgIpc) is 1.84.